The summed E-state index contributed by atoms with van der Waals surface area (Å²) in [5, 5.41) is -1.20. The van der Waals surface area contributed by atoms with Crippen molar-refractivity contribution >= 4 is 123 Å². The van der Waals surface area contributed by atoms with Crippen LogP contribution in [0.15, 0.2) is 303 Å². The highest BCUT2D eigenvalue weighted by Gasteiger charge is 2.47. The Morgan fingerprint density at radius 1 is 0.219 bits per heavy atom. The first-order valence-electron chi connectivity index (χ1n) is 56.5. The van der Waals surface area contributed by atoms with Gasteiger partial charge in [0, 0.05) is 88.7 Å². The molecule has 15 aromatic carbocycles. The third-order valence-corrected chi connectivity index (χ3v) is 26.4. The van der Waals surface area contributed by atoms with Gasteiger partial charge >= 0.3 is 0 Å². The zero-order valence-corrected chi connectivity index (χ0v) is 77.8. The molecule has 5 heterocycles. The molecule has 3 aromatic heterocycles. The highest BCUT2D eigenvalue weighted by atomic mass is 15.2. The molecule has 0 saturated carbocycles. The van der Waals surface area contributed by atoms with Crippen LogP contribution in [0, 0.1) is 0 Å². The average Bonchev–Trinajstić information content (AvgIpc) is 1.26. The van der Waals surface area contributed by atoms with Crippen molar-refractivity contribution in [2.45, 2.75) is 209 Å². The number of para-hydroxylation sites is 6. The van der Waals surface area contributed by atoms with Gasteiger partial charge in [-0.3, -0.25) is 0 Å². The van der Waals surface area contributed by atoms with Crippen LogP contribution in [-0.4, -0.2) is 20.4 Å². The van der Waals surface area contributed by atoms with E-state index in [1.807, 2.05) is 36.4 Å². The van der Waals surface area contributed by atoms with Crippen LogP contribution in [0.25, 0.3) is 127 Å². The van der Waals surface area contributed by atoms with E-state index < -0.39 is 184 Å². The lowest BCUT2D eigenvalue weighted by molar-refractivity contribution is 0.569. The molecular formula is C122H122BN5. The van der Waals surface area contributed by atoms with E-state index in [-0.39, 0.29) is 93.3 Å². The Bertz CT molecular complexity index is 8840. The Balaban J connectivity index is 1.12. The molecule has 0 amide bonds. The van der Waals surface area contributed by atoms with Crippen molar-refractivity contribution in [1.82, 2.24) is 13.7 Å². The number of benzene rings is 15. The minimum Gasteiger partial charge on any atom is -0.310 e. The monoisotopic (exact) mass is 1690 g/mol. The van der Waals surface area contributed by atoms with Gasteiger partial charge in [-0.25, -0.2) is 0 Å². The molecule has 18 aromatic rings. The lowest BCUT2D eigenvalue weighted by Crippen LogP contribution is -2.61. The lowest BCUT2D eigenvalue weighted by atomic mass is 9.33. The number of nitrogens with zero attached hydrogens (tertiary/aromatic N) is 5. The van der Waals surface area contributed by atoms with E-state index in [9.17, 15) is 32.9 Å². The lowest BCUT2D eigenvalue weighted by Gasteiger charge is -2.46. The summed E-state index contributed by atoms with van der Waals surface area (Å²) in [6.45, 7) is 50.8. The molecule has 5 nitrogen and oxygen atoms in total. The summed E-state index contributed by atoms with van der Waals surface area (Å²) in [6.07, 6.45) is 0. The molecule has 0 aliphatic carbocycles. The molecule has 0 saturated heterocycles. The largest absolute Gasteiger partial charge is 0.310 e. The summed E-state index contributed by atoms with van der Waals surface area (Å²) in [7, 11) is 0. The summed E-state index contributed by atoms with van der Waals surface area (Å²) in [5.41, 5.74) is 12.3. The van der Waals surface area contributed by atoms with E-state index in [0.29, 0.717) is 72.8 Å². The summed E-state index contributed by atoms with van der Waals surface area (Å²) >= 11 is 0. The molecule has 638 valence electrons. The molecule has 20 rings (SSSR count). The third kappa shape index (κ3) is 13.9. The fourth-order valence-corrected chi connectivity index (χ4v) is 19.2. The molecule has 2 aliphatic heterocycles. The van der Waals surface area contributed by atoms with Gasteiger partial charge in [-0.15, -0.1) is 0 Å². The first kappa shape index (κ1) is 60.2. The first-order chi connectivity index (χ1) is 70.5. The first-order valence-corrected chi connectivity index (χ1v) is 44.5. The van der Waals surface area contributed by atoms with Crippen molar-refractivity contribution in [2.24, 2.45) is 0 Å². The van der Waals surface area contributed by atoms with Crippen LogP contribution in [0.3, 0.4) is 0 Å². The van der Waals surface area contributed by atoms with Crippen molar-refractivity contribution in [3.8, 4) is 61.6 Å². The Morgan fingerprint density at radius 2 is 0.492 bits per heavy atom. The Hall–Kier alpha value is -12.6. The zero-order chi connectivity index (χ0) is 111. The van der Waals surface area contributed by atoms with Crippen molar-refractivity contribution in [3.63, 3.8) is 0 Å². The van der Waals surface area contributed by atoms with Crippen LogP contribution >= 0.6 is 0 Å². The second-order valence-electron chi connectivity index (χ2n) is 43.4. The Labute approximate surface area is 793 Å². The van der Waals surface area contributed by atoms with E-state index in [2.05, 4.69) is 285 Å². The third-order valence-electron chi connectivity index (χ3n) is 26.4. The van der Waals surface area contributed by atoms with Crippen molar-refractivity contribution < 1.29 is 32.9 Å². The zero-order valence-electron chi connectivity index (χ0n) is 102. The molecule has 0 radical (unpaired) electrons. The predicted molar refractivity (Wildman–Crippen MR) is 555 cm³/mol. The quantitative estimate of drug-likeness (QED) is 0.134. The van der Waals surface area contributed by atoms with E-state index in [1.165, 1.54) is 13.7 Å². The summed E-state index contributed by atoms with van der Waals surface area (Å²) < 4.78 is 242. The van der Waals surface area contributed by atoms with Crippen molar-refractivity contribution in [2.75, 3.05) is 9.80 Å². The van der Waals surface area contributed by atoms with Gasteiger partial charge in [-0.1, -0.05) is 372 Å². The maximum atomic E-state index is 10.6. The smallest absolute Gasteiger partial charge is 0.252 e. The summed E-state index contributed by atoms with van der Waals surface area (Å²) in [5.74, 6) is 0. The average molecular weight is 1690 g/mol. The molecule has 0 atom stereocenters. The molecule has 0 bridgehead atoms. The fraction of sp³-hybridized carbons (Fsp3) is 0.262. The molecular weight excluding hydrogens is 1550 g/mol. The fourth-order valence-electron chi connectivity index (χ4n) is 19.2. The molecule has 6 heteroatoms. The minimum atomic E-state index is -1.15. The van der Waals surface area contributed by atoms with Gasteiger partial charge in [0.05, 0.1) is 83.1 Å². The van der Waals surface area contributed by atoms with Gasteiger partial charge in [0.2, 0.25) is 0 Å². The molecule has 128 heavy (non-hydrogen) atoms. The highest BCUT2D eigenvalue weighted by molar-refractivity contribution is 7.00. The molecule has 0 unspecified atom stereocenters. The number of fused-ring (bicyclic) bond motifs is 13. The normalized spacial score (nSPS) is 16.2. The number of anilines is 6. The Kier molecular flexibility index (Phi) is 13.8. The van der Waals surface area contributed by atoms with Crippen LogP contribution in [0.4, 0.5) is 34.1 Å². The number of rotatable bonds is 9. The number of aromatic nitrogens is 3. The van der Waals surface area contributed by atoms with Crippen LogP contribution in [0.5, 0.6) is 0 Å². The topological polar surface area (TPSA) is 21.3 Å². The molecule has 0 N–H and O–H groups in total. The van der Waals surface area contributed by atoms with E-state index in [4.69, 9.17) is 0 Å². The maximum absolute atomic E-state index is 10.6. The van der Waals surface area contributed by atoms with Crippen LogP contribution < -0.4 is 26.2 Å². The number of hydrogen-bond donors (Lipinski definition) is 0. The van der Waals surface area contributed by atoms with Crippen LogP contribution in [0.2, 0.25) is 0 Å². The van der Waals surface area contributed by atoms with Gasteiger partial charge in [0.15, 0.2) is 0 Å². The van der Waals surface area contributed by atoms with Gasteiger partial charge in [-0.05, 0) is 223 Å². The van der Waals surface area contributed by atoms with Crippen molar-refractivity contribution in [1.29, 1.82) is 0 Å². The van der Waals surface area contributed by atoms with Gasteiger partial charge in [0.25, 0.3) is 6.71 Å². The standard InChI is InChI=1S/C122H122BN5/c1-115(2,3)78-53-49-75(50-54-78)94-67-83(120(16,17)18)69-96(77-63-81(118(10,11)12)65-82(64-77)119(13,14)15)113(94)127-108-71-85(124-102-43-31-25-37-88(102)89-38-26-32-44-103(89)124)58-61-100(108)123-101-62-59-86(125-104-45-33-27-39-90(104)91-40-28-34-46-105(91)125)72-109(101)128(111-74-87(73-110(127)112(111)123)126-106-47-35-29-41-92(106)93-42-30-36-48-107(93)126)114-95(76-51-55-79(56-52-76)116(4,5)6)68-84(121(19,20)21)70-98(114)97-66-80(117(7,8)9)57-60-99(97)122(22,23)24/h25-74H,1-24H3/i25D,26D,27D,28D,29D,30D,31D,32D,33D,34D,35D,36D,37D,38D,39D,40D,41D,42D,43D,44D,45D,46D,47D,48D. The molecule has 0 spiro atoms. The van der Waals surface area contributed by atoms with E-state index in [1.54, 1.807) is 12.1 Å². The maximum Gasteiger partial charge on any atom is 0.252 e. The highest BCUT2D eigenvalue weighted by Crippen LogP contribution is 2.58. The van der Waals surface area contributed by atoms with Crippen LogP contribution in [0.1, 0.15) is 244 Å². The van der Waals surface area contributed by atoms with Gasteiger partial charge in [0.1, 0.15) is 0 Å². The second kappa shape index (κ2) is 29.5. The molecule has 2 aliphatic rings. The van der Waals surface area contributed by atoms with E-state index in [0.717, 1.165) is 66.8 Å². The Morgan fingerprint density at radius 3 is 0.820 bits per heavy atom. The van der Waals surface area contributed by atoms with Crippen LogP contribution in [-0.2, 0) is 43.3 Å². The van der Waals surface area contributed by atoms with Gasteiger partial charge in [-0.2, -0.15) is 0 Å². The molecule has 0 fully saturated rings. The second-order valence-corrected chi connectivity index (χ2v) is 43.4. The van der Waals surface area contributed by atoms with Crippen molar-refractivity contribution in [3.05, 3.63) is 347 Å². The van der Waals surface area contributed by atoms with Gasteiger partial charge < -0.3 is 23.5 Å². The van der Waals surface area contributed by atoms with E-state index >= 15 is 0 Å². The SMILES string of the molecule is [2H]c1c([2H])c([2H])c2c(c1[2H])c1c([2H])c([2H])c([2H])c([2H])c1n2-c1ccc2c(c1)N(c1c(-c3ccc(C(C)(C)C)cc3)cc(C(C)(C)C)cc1-c1cc(C(C)(C)C)cc(C(C)(C)C)c1)c1cc(-n3c4c([2H])c([2H])c([2H])c([2H])c4c4c([2H])c([2H])c([2H])c([2H])c43)cc3c1B2c1ccc(-n2c4c([2H])c([2H])c([2H])c([2H])c4c4c([2H])c([2H])c([2H])c([2H])c42)cc1N3c1c(-c2ccc(C(C)(C)C)cc2)cc(C(C)(C)C)cc1-c1cc(C(C)(C)C)ccc1C(C)(C)C. The number of hydrogen-bond acceptors (Lipinski definition) is 2. The summed E-state index contributed by atoms with van der Waals surface area (Å²) in [4.78, 5) is 4.37. The predicted octanol–water partition coefficient (Wildman–Crippen LogP) is 32.1. The minimum absolute atomic E-state index is 0.0632. The summed E-state index contributed by atoms with van der Waals surface area (Å²) in [6, 6.07) is 39.4.